The molecule has 11 heteroatoms. The van der Waals surface area contributed by atoms with Crippen LogP contribution in [0, 0.1) is 0 Å². The quantitative estimate of drug-likeness (QED) is 0.604. The molecule has 0 saturated heterocycles. The lowest BCUT2D eigenvalue weighted by molar-refractivity contribution is -0.142. The Morgan fingerprint density at radius 1 is 1.44 bits per heavy atom. The first-order valence-corrected chi connectivity index (χ1v) is 7.50. The normalized spacial score (nSPS) is 12.5. The first-order chi connectivity index (χ1) is 11.6. The van der Waals surface area contributed by atoms with Crippen molar-refractivity contribution in [3.05, 3.63) is 22.8 Å². The van der Waals surface area contributed by atoms with Crippen LogP contribution in [0.5, 0.6) is 0 Å². The minimum absolute atomic E-state index is 0.00312. The van der Waals surface area contributed by atoms with E-state index >= 15 is 0 Å². The highest BCUT2D eigenvalue weighted by Crippen LogP contribution is 2.32. The van der Waals surface area contributed by atoms with Crippen molar-refractivity contribution in [2.75, 3.05) is 25.6 Å². The minimum Gasteiger partial charge on any atom is -0.480 e. The van der Waals surface area contributed by atoms with E-state index in [1.807, 2.05) is 0 Å². The fourth-order valence-electron chi connectivity index (χ4n) is 1.78. The maximum absolute atomic E-state index is 12.5. The van der Waals surface area contributed by atoms with Crippen LogP contribution < -0.4 is 10.6 Å². The molecule has 1 atom stereocenters. The molecular formula is C14H17ClF3N3O4. The highest BCUT2D eigenvalue weighted by atomic mass is 35.5. The highest BCUT2D eigenvalue weighted by molar-refractivity contribution is 6.32. The number of aromatic nitrogens is 1. The van der Waals surface area contributed by atoms with E-state index in [1.165, 1.54) is 7.11 Å². The van der Waals surface area contributed by atoms with Gasteiger partial charge in [-0.25, -0.2) is 9.78 Å². The van der Waals surface area contributed by atoms with Gasteiger partial charge < -0.3 is 20.5 Å². The lowest BCUT2D eigenvalue weighted by Gasteiger charge is -2.14. The molecule has 1 unspecified atom stereocenters. The van der Waals surface area contributed by atoms with E-state index in [1.54, 1.807) is 0 Å². The highest BCUT2D eigenvalue weighted by Gasteiger charge is 2.31. The SMILES string of the molecule is COCCC(NC(=O)CCNc1ncc(C(F)(F)F)cc1Cl)C(=O)O. The number of pyridine rings is 1. The van der Waals surface area contributed by atoms with Gasteiger partial charge >= 0.3 is 12.1 Å². The van der Waals surface area contributed by atoms with E-state index in [-0.39, 0.29) is 36.8 Å². The van der Waals surface area contributed by atoms with Gasteiger partial charge in [-0.3, -0.25) is 4.79 Å². The molecule has 0 bridgehead atoms. The van der Waals surface area contributed by atoms with Crippen molar-refractivity contribution in [2.24, 2.45) is 0 Å². The Bertz CT molecular complexity index is 613. The molecule has 0 radical (unpaired) electrons. The second-order valence-corrected chi connectivity index (χ2v) is 5.38. The van der Waals surface area contributed by atoms with Gasteiger partial charge in [-0.1, -0.05) is 11.6 Å². The maximum atomic E-state index is 12.5. The number of aliphatic carboxylic acids is 1. The minimum atomic E-state index is -4.55. The van der Waals surface area contributed by atoms with E-state index in [0.717, 1.165) is 6.07 Å². The number of methoxy groups -OCH3 is 1. The van der Waals surface area contributed by atoms with Gasteiger partial charge in [0.1, 0.15) is 11.9 Å². The van der Waals surface area contributed by atoms with E-state index in [9.17, 15) is 22.8 Å². The summed E-state index contributed by atoms with van der Waals surface area (Å²) in [6.45, 7) is 0.182. The number of anilines is 1. The van der Waals surface area contributed by atoms with Crippen LogP contribution in [0.1, 0.15) is 18.4 Å². The summed E-state index contributed by atoms with van der Waals surface area (Å²) in [5.74, 6) is -1.73. The van der Waals surface area contributed by atoms with Crippen LogP contribution in [0.4, 0.5) is 19.0 Å². The zero-order valence-corrected chi connectivity index (χ0v) is 13.9. The number of rotatable bonds is 9. The Morgan fingerprint density at radius 3 is 2.64 bits per heavy atom. The van der Waals surface area contributed by atoms with Crippen molar-refractivity contribution >= 4 is 29.3 Å². The van der Waals surface area contributed by atoms with Crippen molar-refractivity contribution in [3.8, 4) is 0 Å². The van der Waals surface area contributed by atoms with Crippen molar-refractivity contribution in [2.45, 2.75) is 25.1 Å². The third kappa shape index (κ3) is 7.14. The molecule has 1 rings (SSSR count). The summed E-state index contributed by atoms with van der Waals surface area (Å²) in [6, 6.07) is -0.359. The van der Waals surface area contributed by atoms with E-state index < -0.39 is 29.7 Å². The molecule has 0 fully saturated rings. The number of carboxylic acid groups (broad SMARTS) is 1. The lowest BCUT2D eigenvalue weighted by Crippen LogP contribution is -2.42. The standard InChI is InChI=1S/C14H17ClF3N3O4/c1-25-5-3-10(13(23)24)21-11(22)2-4-19-12-9(15)6-8(7-20-12)14(16,17)18/h6-7,10H,2-5H2,1H3,(H,19,20)(H,21,22)(H,23,24). The molecule has 1 aromatic rings. The third-order valence-corrected chi connectivity index (χ3v) is 3.35. The number of carbonyl (C=O) groups is 2. The van der Waals surface area contributed by atoms with Gasteiger partial charge in [-0.05, 0) is 6.07 Å². The van der Waals surface area contributed by atoms with Gasteiger partial charge in [0, 0.05) is 39.3 Å². The molecule has 140 valence electrons. The van der Waals surface area contributed by atoms with Crippen molar-refractivity contribution in [1.29, 1.82) is 0 Å². The van der Waals surface area contributed by atoms with Crippen LogP contribution in [0.2, 0.25) is 5.02 Å². The summed E-state index contributed by atoms with van der Waals surface area (Å²) < 4.78 is 42.3. The monoisotopic (exact) mass is 383 g/mol. The zero-order valence-electron chi connectivity index (χ0n) is 13.2. The molecule has 3 N–H and O–H groups in total. The summed E-state index contributed by atoms with van der Waals surface area (Å²) in [7, 11) is 1.41. The Morgan fingerprint density at radius 2 is 2.12 bits per heavy atom. The molecule has 0 aromatic carbocycles. The Labute approximate surface area is 146 Å². The number of nitrogens with one attached hydrogen (secondary N) is 2. The second-order valence-electron chi connectivity index (χ2n) is 4.97. The lowest BCUT2D eigenvalue weighted by atomic mass is 10.2. The fraction of sp³-hybridized carbons (Fsp3) is 0.500. The molecule has 1 aromatic heterocycles. The fourth-order valence-corrected chi connectivity index (χ4v) is 2.01. The van der Waals surface area contributed by atoms with Crippen molar-refractivity contribution < 1.29 is 32.6 Å². The third-order valence-electron chi connectivity index (χ3n) is 3.06. The van der Waals surface area contributed by atoms with Crippen LogP contribution in [-0.4, -0.2) is 48.3 Å². The zero-order chi connectivity index (χ0) is 19.0. The largest absolute Gasteiger partial charge is 0.480 e. The van der Waals surface area contributed by atoms with Crippen molar-refractivity contribution in [1.82, 2.24) is 10.3 Å². The second kappa shape index (κ2) is 9.42. The average molecular weight is 384 g/mol. The van der Waals surface area contributed by atoms with Gasteiger partial charge in [0.05, 0.1) is 10.6 Å². The Hall–Kier alpha value is -2.07. The van der Waals surface area contributed by atoms with E-state index in [0.29, 0.717) is 6.20 Å². The molecule has 1 amide bonds. The van der Waals surface area contributed by atoms with Crippen LogP contribution in [0.3, 0.4) is 0 Å². The number of nitrogens with zero attached hydrogens (tertiary/aromatic N) is 1. The smallest absolute Gasteiger partial charge is 0.417 e. The maximum Gasteiger partial charge on any atom is 0.417 e. The summed E-state index contributed by atoms with van der Waals surface area (Å²) in [5.41, 5.74) is -0.983. The summed E-state index contributed by atoms with van der Waals surface area (Å²) in [4.78, 5) is 26.3. The molecule has 25 heavy (non-hydrogen) atoms. The Kier molecular flexibility index (Phi) is 7.91. The number of amides is 1. The van der Waals surface area contributed by atoms with Crippen LogP contribution in [0.25, 0.3) is 0 Å². The van der Waals surface area contributed by atoms with Crippen LogP contribution in [-0.2, 0) is 20.5 Å². The Balaban J connectivity index is 2.51. The summed E-state index contributed by atoms with van der Waals surface area (Å²) >= 11 is 5.72. The molecule has 7 nitrogen and oxygen atoms in total. The number of hydrogen-bond acceptors (Lipinski definition) is 5. The van der Waals surface area contributed by atoms with Crippen LogP contribution >= 0.6 is 11.6 Å². The molecular weight excluding hydrogens is 367 g/mol. The molecule has 1 heterocycles. The van der Waals surface area contributed by atoms with Gasteiger partial charge in [-0.15, -0.1) is 0 Å². The summed E-state index contributed by atoms with van der Waals surface area (Å²) in [6.07, 6.45) is -3.93. The number of alkyl halides is 3. The number of halogens is 4. The predicted octanol–water partition coefficient (Wildman–Crippen LogP) is 2.16. The average Bonchev–Trinajstić information content (AvgIpc) is 2.51. The van der Waals surface area contributed by atoms with Crippen molar-refractivity contribution in [3.63, 3.8) is 0 Å². The van der Waals surface area contributed by atoms with Gasteiger partial charge in [-0.2, -0.15) is 13.2 Å². The molecule has 0 aliphatic heterocycles. The number of carbonyl (C=O) groups excluding carboxylic acids is 1. The molecule has 0 aliphatic rings. The number of ether oxygens (including phenoxy) is 1. The van der Waals surface area contributed by atoms with Gasteiger partial charge in [0.15, 0.2) is 0 Å². The van der Waals surface area contributed by atoms with Gasteiger partial charge in [0.2, 0.25) is 5.91 Å². The molecule has 0 spiro atoms. The molecule has 0 saturated carbocycles. The number of hydrogen-bond donors (Lipinski definition) is 3. The molecule has 0 aliphatic carbocycles. The van der Waals surface area contributed by atoms with E-state index in [4.69, 9.17) is 21.4 Å². The van der Waals surface area contributed by atoms with Crippen LogP contribution in [0.15, 0.2) is 12.3 Å². The number of carboxylic acids is 1. The first-order valence-electron chi connectivity index (χ1n) is 7.13. The predicted molar refractivity (Wildman–Crippen MR) is 83.4 cm³/mol. The van der Waals surface area contributed by atoms with Gasteiger partial charge in [0.25, 0.3) is 0 Å². The summed E-state index contributed by atoms with van der Waals surface area (Å²) in [5, 5.41) is 13.7. The topological polar surface area (TPSA) is 101 Å². The first kappa shape index (κ1) is 21.0. The van der Waals surface area contributed by atoms with E-state index in [2.05, 4.69) is 15.6 Å².